The van der Waals surface area contributed by atoms with Gasteiger partial charge in [0.2, 0.25) is 5.91 Å². The van der Waals surface area contributed by atoms with Crippen LogP contribution >= 0.6 is 11.6 Å². The first-order valence-electron chi connectivity index (χ1n) is 7.28. The van der Waals surface area contributed by atoms with Crippen LogP contribution < -0.4 is 11.5 Å². The molecule has 0 aromatic rings. The van der Waals surface area contributed by atoms with E-state index in [-0.39, 0.29) is 11.1 Å². The van der Waals surface area contributed by atoms with Crippen molar-refractivity contribution in [1.29, 1.82) is 0 Å². The fourth-order valence-electron chi connectivity index (χ4n) is 2.98. The quantitative estimate of drug-likeness (QED) is 0.770. The number of likely N-dealkylation sites (tertiary alicyclic amines) is 1. The Kier molecular flexibility index (Phi) is 5.29. The van der Waals surface area contributed by atoms with Crippen molar-refractivity contribution in [2.75, 3.05) is 19.6 Å². The zero-order valence-electron chi connectivity index (χ0n) is 11.7. The van der Waals surface area contributed by atoms with Crippen molar-refractivity contribution in [3.05, 3.63) is 11.9 Å². The van der Waals surface area contributed by atoms with Crippen LogP contribution in [0.4, 0.5) is 0 Å². The third-order valence-electron chi connectivity index (χ3n) is 4.21. The number of hydrogen-bond donors (Lipinski definition) is 2. The molecule has 0 bridgehead atoms. The summed E-state index contributed by atoms with van der Waals surface area (Å²) in [6.07, 6.45) is 6.73. The molecule has 0 spiro atoms. The van der Waals surface area contributed by atoms with E-state index in [1.54, 1.807) is 0 Å². The van der Waals surface area contributed by atoms with Crippen LogP contribution in [-0.2, 0) is 4.79 Å². The number of halogens is 1. The molecule has 0 aromatic heterocycles. The second kappa shape index (κ2) is 6.97. The zero-order valence-corrected chi connectivity index (χ0v) is 12.5. The van der Waals surface area contributed by atoms with E-state index in [9.17, 15) is 4.79 Å². The third-order valence-corrected chi connectivity index (χ3v) is 4.55. The lowest BCUT2D eigenvalue weighted by molar-refractivity contribution is -0.134. The van der Waals surface area contributed by atoms with E-state index in [4.69, 9.17) is 23.1 Å². The van der Waals surface area contributed by atoms with E-state index in [0.717, 1.165) is 32.4 Å². The predicted octanol–water partition coefficient (Wildman–Crippen LogP) is 1.42. The Balaban J connectivity index is 1.81. The molecule has 112 valence electrons. The van der Waals surface area contributed by atoms with Crippen LogP contribution in [0.15, 0.2) is 16.9 Å². The van der Waals surface area contributed by atoms with Crippen LogP contribution in [0.25, 0.3) is 0 Å². The average Bonchev–Trinajstić information content (AvgIpc) is 3.14. The highest BCUT2D eigenvalue weighted by atomic mass is 35.5. The van der Waals surface area contributed by atoms with E-state index in [1.165, 1.54) is 19.0 Å². The van der Waals surface area contributed by atoms with Gasteiger partial charge in [0.25, 0.3) is 0 Å². The molecule has 1 saturated heterocycles. The maximum Gasteiger partial charge on any atom is 0.225 e. The van der Waals surface area contributed by atoms with Crippen LogP contribution in [0.3, 0.4) is 0 Å². The molecular weight excluding hydrogens is 276 g/mol. The Bertz CT molecular complexity index is 415. The fourth-order valence-corrected chi connectivity index (χ4v) is 3.11. The summed E-state index contributed by atoms with van der Waals surface area (Å²) >= 11 is 5.91. The highest BCUT2D eigenvalue weighted by molar-refractivity contribution is 6.69. The largest absolute Gasteiger partial charge is 0.403 e. The molecule has 2 rings (SSSR count). The van der Waals surface area contributed by atoms with Gasteiger partial charge < -0.3 is 16.4 Å². The van der Waals surface area contributed by atoms with E-state index < -0.39 is 0 Å². The van der Waals surface area contributed by atoms with Gasteiger partial charge >= 0.3 is 0 Å². The van der Waals surface area contributed by atoms with Crippen molar-refractivity contribution in [1.82, 2.24) is 4.90 Å². The lowest BCUT2D eigenvalue weighted by Gasteiger charge is -2.20. The first-order valence-corrected chi connectivity index (χ1v) is 7.66. The zero-order chi connectivity index (χ0) is 14.5. The molecule has 6 heteroatoms. The maximum absolute atomic E-state index is 12.3. The van der Waals surface area contributed by atoms with Crippen LogP contribution in [0.5, 0.6) is 0 Å². The SMILES string of the molecule is N/C=C(/N)C(Cl)=NC[C@H]1CCN(C(=O)C2CCCC2)C1. The molecule has 0 aromatic carbocycles. The van der Waals surface area contributed by atoms with E-state index in [0.29, 0.717) is 24.1 Å². The summed E-state index contributed by atoms with van der Waals surface area (Å²) in [5.41, 5.74) is 11.1. The summed E-state index contributed by atoms with van der Waals surface area (Å²) in [5, 5.41) is 0.257. The number of aliphatic imine (C=N–C) groups is 1. The highest BCUT2D eigenvalue weighted by Crippen LogP contribution is 2.28. The minimum atomic E-state index is 0.257. The van der Waals surface area contributed by atoms with Crippen molar-refractivity contribution in [3.63, 3.8) is 0 Å². The molecule has 0 radical (unpaired) electrons. The topological polar surface area (TPSA) is 84.7 Å². The number of carbonyl (C=O) groups excluding carboxylic acids is 1. The van der Waals surface area contributed by atoms with Gasteiger partial charge in [0.05, 0.1) is 5.70 Å². The molecule has 2 fully saturated rings. The number of nitrogens with two attached hydrogens (primary N) is 2. The van der Waals surface area contributed by atoms with Crippen molar-refractivity contribution >= 4 is 22.7 Å². The summed E-state index contributed by atoms with van der Waals surface area (Å²) in [4.78, 5) is 18.5. The molecular formula is C14H23ClN4O. The minimum Gasteiger partial charge on any atom is -0.403 e. The monoisotopic (exact) mass is 298 g/mol. The average molecular weight is 299 g/mol. The number of nitrogens with zero attached hydrogens (tertiary/aromatic N) is 2. The smallest absolute Gasteiger partial charge is 0.225 e. The molecule has 5 nitrogen and oxygen atoms in total. The lowest BCUT2D eigenvalue weighted by Crippen LogP contribution is -2.33. The molecule has 1 atom stereocenters. The summed E-state index contributed by atoms with van der Waals surface area (Å²) in [5.74, 6) is 0.970. The lowest BCUT2D eigenvalue weighted by atomic mass is 10.1. The van der Waals surface area contributed by atoms with E-state index in [2.05, 4.69) is 4.99 Å². The Hall–Kier alpha value is -1.23. The molecule has 1 aliphatic carbocycles. The standard InChI is InChI=1S/C14H23ClN4O/c15-13(12(17)7-16)18-8-10-5-6-19(9-10)14(20)11-3-1-2-4-11/h7,10-11H,1-6,8-9,16-17H2/b12-7+,18-13?/t10-/m1/s1. The Labute approximate surface area is 125 Å². The van der Waals surface area contributed by atoms with Crippen LogP contribution in [-0.4, -0.2) is 35.6 Å². The van der Waals surface area contributed by atoms with Gasteiger partial charge in [-0.15, -0.1) is 0 Å². The normalized spacial score (nSPS) is 25.4. The summed E-state index contributed by atoms with van der Waals surface area (Å²) < 4.78 is 0. The van der Waals surface area contributed by atoms with E-state index >= 15 is 0 Å². The van der Waals surface area contributed by atoms with Gasteiger partial charge in [0.1, 0.15) is 5.17 Å². The highest BCUT2D eigenvalue weighted by Gasteiger charge is 2.32. The van der Waals surface area contributed by atoms with Crippen molar-refractivity contribution < 1.29 is 4.79 Å². The van der Waals surface area contributed by atoms with Crippen LogP contribution in [0.2, 0.25) is 0 Å². The van der Waals surface area contributed by atoms with Crippen molar-refractivity contribution in [3.8, 4) is 0 Å². The second-order valence-corrected chi connectivity index (χ2v) is 6.03. The van der Waals surface area contributed by atoms with Gasteiger partial charge in [-0.05, 0) is 25.2 Å². The second-order valence-electron chi connectivity index (χ2n) is 5.67. The first-order chi connectivity index (χ1) is 9.61. The van der Waals surface area contributed by atoms with Gasteiger partial charge in [-0.25, -0.2) is 0 Å². The predicted molar refractivity (Wildman–Crippen MR) is 81.3 cm³/mol. The van der Waals surface area contributed by atoms with Crippen molar-refractivity contribution in [2.45, 2.75) is 32.1 Å². The van der Waals surface area contributed by atoms with Gasteiger partial charge in [0, 0.05) is 31.8 Å². The number of allylic oxidation sites excluding steroid dienone is 1. The molecule has 4 N–H and O–H groups in total. The first kappa shape index (κ1) is 15.2. The molecule has 1 saturated carbocycles. The fraction of sp³-hybridized carbons (Fsp3) is 0.714. The summed E-state index contributed by atoms with van der Waals surface area (Å²) in [6, 6.07) is 0. The molecule has 1 aliphatic heterocycles. The minimum absolute atomic E-state index is 0.257. The summed E-state index contributed by atoms with van der Waals surface area (Å²) in [7, 11) is 0. The van der Waals surface area contributed by atoms with Gasteiger partial charge in [-0.3, -0.25) is 9.79 Å². The number of rotatable bonds is 4. The van der Waals surface area contributed by atoms with Crippen LogP contribution in [0, 0.1) is 11.8 Å². The van der Waals surface area contributed by atoms with Gasteiger partial charge in [-0.1, -0.05) is 24.4 Å². The van der Waals surface area contributed by atoms with Gasteiger partial charge in [-0.2, -0.15) is 0 Å². The number of amides is 1. The number of hydrogen-bond acceptors (Lipinski definition) is 4. The maximum atomic E-state index is 12.3. The molecule has 20 heavy (non-hydrogen) atoms. The molecule has 1 amide bonds. The van der Waals surface area contributed by atoms with Crippen LogP contribution in [0.1, 0.15) is 32.1 Å². The third kappa shape index (κ3) is 3.66. The van der Waals surface area contributed by atoms with Gasteiger partial charge in [0.15, 0.2) is 0 Å². The Morgan fingerprint density at radius 2 is 2.05 bits per heavy atom. The Morgan fingerprint density at radius 1 is 1.35 bits per heavy atom. The summed E-state index contributed by atoms with van der Waals surface area (Å²) in [6.45, 7) is 2.23. The molecule has 1 heterocycles. The van der Waals surface area contributed by atoms with Crippen molar-refractivity contribution in [2.24, 2.45) is 28.3 Å². The molecule has 2 aliphatic rings. The van der Waals surface area contributed by atoms with E-state index in [1.807, 2.05) is 4.90 Å². The number of carbonyl (C=O) groups is 1. The Morgan fingerprint density at radius 3 is 2.70 bits per heavy atom. The molecule has 0 unspecified atom stereocenters.